The molecule has 32 valence electrons. The Morgan fingerprint density at radius 3 is 0.500 bits per heavy atom. The summed E-state index contributed by atoms with van der Waals surface area (Å²) >= 11 is 0. The van der Waals surface area contributed by atoms with E-state index in [1.807, 2.05) is 0 Å². The van der Waals surface area contributed by atoms with Gasteiger partial charge in [-0.3, -0.25) is 0 Å². The first-order valence-electron chi connectivity index (χ1n) is 0. The molecule has 0 aliphatic heterocycles. The van der Waals surface area contributed by atoms with Crippen molar-refractivity contribution in [2.45, 2.75) is 0 Å². The van der Waals surface area contributed by atoms with Crippen LogP contribution in [0.5, 0.6) is 0 Å². The van der Waals surface area contributed by atoms with Crippen molar-refractivity contribution in [2.75, 3.05) is 0 Å². The molecule has 0 saturated carbocycles. The minimum atomic E-state index is 0. The molecule has 0 radical (unpaired) electrons. The molecule has 0 atom stereocenters. The maximum absolute atomic E-state index is 0. The summed E-state index contributed by atoms with van der Waals surface area (Å²) in [5.41, 5.74) is 0. The topological polar surface area (TPSA) is 0 Å². The van der Waals surface area contributed by atoms with Gasteiger partial charge >= 0.3 is 99.7 Å². The molecule has 0 N–H and O–H groups in total. The fourth-order valence-corrected chi connectivity index (χ4v) is 0. The molecule has 0 heterocycles. The van der Waals surface area contributed by atoms with Crippen LogP contribution in [0.2, 0.25) is 0 Å². The van der Waals surface area contributed by atoms with E-state index < -0.39 is 0 Å². The van der Waals surface area contributed by atoms with Gasteiger partial charge < -0.3 is 0 Å². The normalized spacial score (nSPS) is 0. The van der Waals surface area contributed by atoms with Gasteiger partial charge in [0.05, 0.1) is 0 Å². The predicted octanol–water partition coefficient (Wildman–Crippen LogP) is -4.20. The van der Waals surface area contributed by atoms with Crippen LogP contribution in [0.15, 0.2) is 0 Å². The Balaban J connectivity index is 0. The first-order chi connectivity index (χ1) is 0. The van der Waals surface area contributed by atoms with E-state index in [4.69, 9.17) is 0 Å². The quantitative estimate of drug-likeness (QED) is 0.228. The Labute approximate surface area is 97.6 Å². The fourth-order valence-electron chi connectivity index (χ4n) is 0. The average molecular weight is 683 g/mol. The second-order valence-corrected chi connectivity index (χ2v) is 0. The average Bonchev–Trinajstić information content (AvgIpc) is 0. The van der Waals surface area contributed by atoms with E-state index in [9.17, 15) is 0 Å². The Morgan fingerprint density at radius 2 is 0.500 bits per heavy atom. The second-order valence-electron chi connectivity index (χ2n) is 0. The van der Waals surface area contributed by atoms with Gasteiger partial charge in [0, 0.05) is 0 Å². The molecule has 0 aromatic rings. The molecular formula is H10Bi2Te2. The number of rotatable bonds is 0. The van der Waals surface area contributed by atoms with E-state index in [2.05, 4.69) is 0 Å². The van der Waals surface area contributed by atoms with Crippen molar-refractivity contribution in [3.05, 3.63) is 0 Å². The molecule has 0 aliphatic carbocycles. The van der Waals surface area contributed by atoms with E-state index in [0.717, 1.165) is 0 Å². The van der Waals surface area contributed by atoms with Gasteiger partial charge in [0.15, 0.2) is 0 Å². The maximum atomic E-state index is 0. The SMILES string of the molecule is [BiH3].[BiH3].[TeH2].[TeH2]. The Bertz CT molecular complexity index is 4.00. The van der Waals surface area contributed by atoms with Crippen LogP contribution >= 0.6 is 0 Å². The first-order valence-corrected chi connectivity index (χ1v) is 0. The minimum absolute atomic E-state index is 0. The van der Waals surface area contributed by atoms with Gasteiger partial charge in [-0.25, -0.2) is 0 Å². The zero-order valence-electron chi connectivity index (χ0n) is 2.41. The summed E-state index contributed by atoms with van der Waals surface area (Å²) in [6, 6.07) is 0. The van der Waals surface area contributed by atoms with Gasteiger partial charge in [0.25, 0.3) is 0 Å². The van der Waals surface area contributed by atoms with E-state index in [-0.39, 0.29) is 99.7 Å². The molecule has 0 aliphatic rings. The molecule has 0 fully saturated rings. The van der Waals surface area contributed by atoms with Gasteiger partial charge in [-0.15, -0.1) is 0 Å². The van der Waals surface area contributed by atoms with Crippen LogP contribution in [0.4, 0.5) is 0 Å². The molecular weight excluding hydrogens is 673 g/mol. The summed E-state index contributed by atoms with van der Waals surface area (Å²) in [6.07, 6.45) is 0. The molecule has 0 rings (SSSR count). The summed E-state index contributed by atoms with van der Waals surface area (Å²) in [5.74, 6) is 0. The van der Waals surface area contributed by atoms with Crippen LogP contribution in [0.1, 0.15) is 0 Å². The van der Waals surface area contributed by atoms with Gasteiger partial charge in [-0.05, 0) is 0 Å². The summed E-state index contributed by atoms with van der Waals surface area (Å²) in [7, 11) is 0. The molecule has 0 unspecified atom stereocenters. The Morgan fingerprint density at radius 1 is 0.500 bits per heavy atom. The third kappa shape index (κ3) is 9.02. The summed E-state index contributed by atoms with van der Waals surface area (Å²) in [4.78, 5) is 0. The molecule has 4 heavy (non-hydrogen) atoms. The second kappa shape index (κ2) is 16.2. The van der Waals surface area contributed by atoms with E-state index in [1.54, 1.807) is 0 Å². The third-order valence-electron chi connectivity index (χ3n) is 0. The monoisotopic (exact) mass is 688 g/mol. The van der Waals surface area contributed by atoms with Crippen LogP contribution < -0.4 is 0 Å². The Kier molecular flexibility index (Phi) is 107. The van der Waals surface area contributed by atoms with Crippen LogP contribution in [0.25, 0.3) is 0 Å². The standard InChI is InChI=1S/2Bi.2H2Te.6H/h;;2*1H2;;;;;;. The van der Waals surface area contributed by atoms with Gasteiger partial charge in [0.1, 0.15) is 0 Å². The molecule has 0 aromatic carbocycles. The van der Waals surface area contributed by atoms with Crippen molar-refractivity contribution in [1.29, 1.82) is 0 Å². The summed E-state index contributed by atoms with van der Waals surface area (Å²) in [5, 5.41) is 0. The van der Waals surface area contributed by atoms with Crippen molar-refractivity contribution in [2.24, 2.45) is 0 Å². The van der Waals surface area contributed by atoms with Crippen molar-refractivity contribution in [3.8, 4) is 0 Å². The number of hydrogen-bond donors (Lipinski definition) is 0. The van der Waals surface area contributed by atoms with Crippen molar-refractivity contribution in [3.63, 3.8) is 0 Å². The van der Waals surface area contributed by atoms with Crippen LogP contribution in [0, 0.1) is 0 Å². The van der Waals surface area contributed by atoms with Gasteiger partial charge in [-0.2, -0.15) is 0 Å². The summed E-state index contributed by atoms with van der Waals surface area (Å²) in [6.45, 7) is 0. The van der Waals surface area contributed by atoms with Crippen molar-refractivity contribution < 1.29 is 0 Å². The van der Waals surface area contributed by atoms with E-state index in [1.165, 1.54) is 0 Å². The van der Waals surface area contributed by atoms with E-state index in [0.29, 0.717) is 0 Å². The zero-order valence-corrected chi connectivity index (χ0v) is 19.1. The molecule has 0 saturated heterocycles. The van der Waals surface area contributed by atoms with Crippen LogP contribution in [0.3, 0.4) is 0 Å². The molecule has 0 amide bonds. The van der Waals surface area contributed by atoms with Crippen molar-refractivity contribution >= 4 is 99.7 Å². The predicted molar refractivity (Wildman–Crippen MR) is 37.0 cm³/mol. The van der Waals surface area contributed by atoms with Gasteiger partial charge in [-0.1, -0.05) is 0 Å². The summed E-state index contributed by atoms with van der Waals surface area (Å²) < 4.78 is 0. The number of hydrogen-bond acceptors (Lipinski definition) is 0. The molecule has 0 aromatic heterocycles. The fraction of sp³-hybridized carbons (Fsp3) is 0. The van der Waals surface area contributed by atoms with Crippen LogP contribution in [-0.2, 0) is 0 Å². The van der Waals surface area contributed by atoms with Crippen LogP contribution in [-0.4, -0.2) is 99.7 Å². The third-order valence-corrected chi connectivity index (χ3v) is 0. The van der Waals surface area contributed by atoms with E-state index >= 15 is 0 Å². The van der Waals surface area contributed by atoms with Gasteiger partial charge in [0.2, 0.25) is 0 Å². The van der Waals surface area contributed by atoms with Crippen molar-refractivity contribution in [1.82, 2.24) is 0 Å². The Hall–Kier alpha value is 3.35. The molecule has 0 bridgehead atoms. The zero-order chi connectivity index (χ0) is 0. The molecule has 4 heteroatoms. The first kappa shape index (κ1) is 26.4. The molecule has 0 nitrogen and oxygen atoms in total. The molecule has 0 spiro atoms.